The minimum absolute atomic E-state index is 0.247. The van der Waals surface area contributed by atoms with E-state index in [-0.39, 0.29) is 18.9 Å². The zero-order chi connectivity index (χ0) is 54.8. The van der Waals surface area contributed by atoms with Crippen LogP contribution in [0.25, 0.3) is 0 Å². The zero-order valence-corrected chi connectivity index (χ0v) is 45.8. The van der Waals surface area contributed by atoms with Crippen molar-refractivity contribution in [2.75, 3.05) is 26.4 Å². The van der Waals surface area contributed by atoms with Crippen LogP contribution in [0.1, 0.15) is 206 Å². The third-order valence-electron chi connectivity index (χ3n) is 15.1. The molecule has 3 aliphatic heterocycles. The molecule has 0 aromatic carbocycles. The van der Waals surface area contributed by atoms with Gasteiger partial charge in [-0.05, 0) is 38.5 Å². The molecule has 0 aromatic rings. The van der Waals surface area contributed by atoms with E-state index in [1.54, 1.807) is 0 Å². The summed E-state index contributed by atoms with van der Waals surface area (Å²) in [4.78, 5) is 13.3. The van der Waals surface area contributed by atoms with Gasteiger partial charge in [-0.15, -0.1) is 0 Å². The molecule has 0 radical (unpaired) electrons. The largest absolute Gasteiger partial charge is 0.394 e. The molecule has 17 unspecified atom stereocenters. The highest BCUT2D eigenvalue weighted by atomic mass is 16.8. The first-order valence-electron chi connectivity index (χ1n) is 29.4. The van der Waals surface area contributed by atoms with E-state index in [0.717, 1.165) is 57.8 Å². The van der Waals surface area contributed by atoms with Crippen molar-refractivity contribution in [3.63, 3.8) is 0 Å². The summed E-state index contributed by atoms with van der Waals surface area (Å²) in [5.74, 6) is -0.247. The van der Waals surface area contributed by atoms with Gasteiger partial charge in [-0.1, -0.05) is 174 Å². The second kappa shape index (κ2) is 40.7. The molecule has 3 fully saturated rings. The summed E-state index contributed by atoms with van der Waals surface area (Å²) in [6.07, 6.45) is 12.1. The fraction of sp³-hybridized carbons (Fsp3) is 0.946. The van der Waals surface area contributed by atoms with Crippen LogP contribution in [0.15, 0.2) is 12.2 Å². The highest BCUT2D eigenvalue weighted by molar-refractivity contribution is 5.76. The third-order valence-corrected chi connectivity index (χ3v) is 15.1. The topological polar surface area (TPSA) is 307 Å². The number of carbonyl (C=O) groups excluding carboxylic acids is 1. The van der Waals surface area contributed by atoms with Crippen molar-refractivity contribution in [3.05, 3.63) is 12.2 Å². The molecule has 3 heterocycles. The Morgan fingerprint density at radius 3 is 1.29 bits per heavy atom. The quantitative estimate of drug-likeness (QED) is 0.0293. The first-order chi connectivity index (χ1) is 36.3. The standard InChI is InChI=1S/C56H105NO18/c1-3-5-7-9-11-12-13-14-15-16-17-18-19-20-21-22-23-24-25-26-28-30-32-34-44(62)57-39(40(61)33-31-29-27-10-8-6-4-2)38-70-54-50(68)47(65)52(42(36-59)72-54)75-56-51(69)48(66)53(43(37-60)73-56)74-55-49(67)46(64)45(63)41(35-58)71-55/h16-17,39-43,45-56,58-61,63-69H,3-15,18-38H2,1-2H3,(H,57,62)/b17-16-. The summed E-state index contributed by atoms with van der Waals surface area (Å²) in [5.41, 5.74) is 0. The molecule has 19 nitrogen and oxygen atoms in total. The van der Waals surface area contributed by atoms with Crippen LogP contribution in [0.3, 0.4) is 0 Å². The van der Waals surface area contributed by atoms with Gasteiger partial charge in [0, 0.05) is 6.42 Å². The van der Waals surface area contributed by atoms with Crippen LogP contribution < -0.4 is 5.32 Å². The molecule has 3 rings (SSSR count). The molecule has 75 heavy (non-hydrogen) atoms. The Kier molecular flexibility index (Phi) is 36.8. The minimum atomic E-state index is -1.97. The average Bonchev–Trinajstić information content (AvgIpc) is 3.41. The number of nitrogens with one attached hydrogen (secondary N) is 1. The van der Waals surface area contributed by atoms with Crippen molar-refractivity contribution in [2.24, 2.45) is 0 Å². The van der Waals surface area contributed by atoms with Gasteiger partial charge in [0.25, 0.3) is 0 Å². The molecule has 0 bridgehead atoms. The van der Waals surface area contributed by atoms with E-state index in [1.807, 2.05) is 0 Å². The molecule has 19 heteroatoms. The SMILES string of the molecule is CCCCCCCCCC/C=C\CCCCCCCCCCCCCC(=O)NC(COC1OC(CO)C(OC2OC(CO)C(OC3OC(CO)C(O)C(O)C3O)C(O)C2O)C(O)C1O)C(O)CCCCCCCCC. The van der Waals surface area contributed by atoms with Crippen LogP contribution in [-0.4, -0.2) is 193 Å². The number of aliphatic hydroxyl groups is 11. The van der Waals surface area contributed by atoms with Crippen molar-refractivity contribution in [1.82, 2.24) is 5.32 Å². The van der Waals surface area contributed by atoms with Gasteiger partial charge >= 0.3 is 0 Å². The molecule has 3 aliphatic rings. The van der Waals surface area contributed by atoms with Gasteiger partial charge in [0.1, 0.15) is 73.2 Å². The van der Waals surface area contributed by atoms with E-state index in [1.165, 1.54) is 116 Å². The highest BCUT2D eigenvalue weighted by Crippen LogP contribution is 2.33. The Labute approximate surface area is 448 Å². The summed E-state index contributed by atoms with van der Waals surface area (Å²) in [6.45, 7) is 1.73. The van der Waals surface area contributed by atoms with Gasteiger partial charge < -0.3 is 89.9 Å². The lowest BCUT2D eigenvalue weighted by molar-refractivity contribution is -0.379. The summed E-state index contributed by atoms with van der Waals surface area (Å²) in [6, 6.07) is -0.881. The molecule has 0 saturated carbocycles. The lowest BCUT2D eigenvalue weighted by atomic mass is 9.96. The fourth-order valence-electron chi connectivity index (χ4n) is 10.2. The van der Waals surface area contributed by atoms with Gasteiger partial charge in [-0.3, -0.25) is 4.79 Å². The number of unbranched alkanes of at least 4 members (excludes halogenated alkanes) is 25. The minimum Gasteiger partial charge on any atom is -0.394 e. The van der Waals surface area contributed by atoms with Crippen LogP contribution >= 0.6 is 0 Å². The lowest BCUT2D eigenvalue weighted by Crippen LogP contribution is -2.66. The molecule has 1 amide bonds. The van der Waals surface area contributed by atoms with Crippen LogP contribution in [-0.2, 0) is 33.2 Å². The molecule has 0 spiro atoms. The summed E-state index contributed by atoms with van der Waals surface area (Å²) in [5, 5.41) is 120. The highest BCUT2D eigenvalue weighted by Gasteiger charge is 2.53. The van der Waals surface area contributed by atoms with E-state index < -0.39 is 124 Å². The van der Waals surface area contributed by atoms with Crippen LogP contribution in [0.4, 0.5) is 0 Å². The second-order valence-corrected chi connectivity index (χ2v) is 21.5. The Balaban J connectivity index is 1.41. The smallest absolute Gasteiger partial charge is 0.220 e. The average molecular weight is 1080 g/mol. The van der Waals surface area contributed by atoms with Crippen LogP contribution in [0, 0.1) is 0 Å². The number of allylic oxidation sites excluding steroid dienone is 2. The molecule has 12 N–H and O–H groups in total. The maximum absolute atomic E-state index is 13.3. The monoisotopic (exact) mass is 1080 g/mol. The molecule has 0 aromatic heterocycles. The number of amides is 1. The predicted molar refractivity (Wildman–Crippen MR) is 282 cm³/mol. The van der Waals surface area contributed by atoms with Crippen molar-refractivity contribution < 1.29 is 89.4 Å². The van der Waals surface area contributed by atoms with E-state index >= 15 is 0 Å². The third kappa shape index (κ3) is 25.3. The first kappa shape index (κ1) is 67.8. The van der Waals surface area contributed by atoms with Gasteiger partial charge in [-0.25, -0.2) is 0 Å². The first-order valence-corrected chi connectivity index (χ1v) is 29.4. The fourth-order valence-corrected chi connectivity index (χ4v) is 10.2. The van der Waals surface area contributed by atoms with Gasteiger partial charge in [-0.2, -0.15) is 0 Å². The lowest BCUT2D eigenvalue weighted by Gasteiger charge is -2.48. The number of hydrogen-bond donors (Lipinski definition) is 12. The maximum atomic E-state index is 13.3. The Morgan fingerprint density at radius 1 is 0.467 bits per heavy atom. The maximum Gasteiger partial charge on any atom is 0.220 e. The number of ether oxygens (including phenoxy) is 6. The van der Waals surface area contributed by atoms with E-state index in [2.05, 4.69) is 31.3 Å². The number of carbonyl (C=O) groups is 1. The molecule has 0 aliphatic carbocycles. The predicted octanol–water partition coefficient (Wildman–Crippen LogP) is 4.60. The Bertz CT molecular complexity index is 1430. The number of aliphatic hydroxyl groups excluding tert-OH is 11. The van der Waals surface area contributed by atoms with Crippen molar-refractivity contribution in [2.45, 2.75) is 311 Å². The second-order valence-electron chi connectivity index (χ2n) is 21.5. The molecule has 442 valence electrons. The summed E-state index contributed by atoms with van der Waals surface area (Å²) in [7, 11) is 0. The Morgan fingerprint density at radius 2 is 0.840 bits per heavy atom. The normalized spacial score (nSPS) is 31.2. The number of hydrogen-bond acceptors (Lipinski definition) is 18. The van der Waals surface area contributed by atoms with E-state index in [9.17, 15) is 61.0 Å². The molecular weight excluding hydrogens is 975 g/mol. The Hall–Kier alpha value is -1.47. The van der Waals surface area contributed by atoms with E-state index in [4.69, 9.17) is 28.4 Å². The number of rotatable bonds is 43. The summed E-state index contributed by atoms with van der Waals surface area (Å²) >= 11 is 0. The van der Waals surface area contributed by atoms with Gasteiger partial charge in [0.2, 0.25) is 5.91 Å². The van der Waals surface area contributed by atoms with Crippen LogP contribution in [0.2, 0.25) is 0 Å². The molecule has 17 atom stereocenters. The van der Waals surface area contributed by atoms with Gasteiger partial charge in [0.15, 0.2) is 18.9 Å². The molecule has 3 saturated heterocycles. The van der Waals surface area contributed by atoms with E-state index in [0.29, 0.717) is 12.8 Å². The van der Waals surface area contributed by atoms with Crippen molar-refractivity contribution >= 4 is 5.91 Å². The van der Waals surface area contributed by atoms with Crippen LogP contribution in [0.5, 0.6) is 0 Å². The van der Waals surface area contributed by atoms with Crippen molar-refractivity contribution in [1.29, 1.82) is 0 Å². The van der Waals surface area contributed by atoms with Gasteiger partial charge in [0.05, 0.1) is 38.6 Å². The zero-order valence-electron chi connectivity index (χ0n) is 45.8. The molecular formula is C56H105NO18. The van der Waals surface area contributed by atoms with Crippen molar-refractivity contribution in [3.8, 4) is 0 Å². The summed E-state index contributed by atoms with van der Waals surface area (Å²) < 4.78 is 34.2.